The number of carbonyl (C=O) groups is 1. The predicted octanol–water partition coefficient (Wildman–Crippen LogP) is 4.29. The van der Waals surface area contributed by atoms with Gasteiger partial charge in [-0.25, -0.2) is 5.43 Å². The number of methoxy groups -OCH3 is 1. The first kappa shape index (κ1) is 18.6. The summed E-state index contributed by atoms with van der Waals surface area (Å²) in [5, 5.41) is 4.50. The number of carbonyl (C=O) groups excluding carboxylic acids is 1. The van der Waals surface area contributed by atoms with E-state index in [-0.39, 0.29) is 11.6 Å². The van der Waals surface area contributed by atoms with Crippen LogP contribution in [0.4, 0.5) is 0 Å². The van der Waals surface area contributed by atoms with Crippen molar-refractivity contribution in [1.82, 2.24) is 5.43 Å². The SMILES string of the molecule is COc1ccc(Br)c(/C=N\NC(=O)COc2cccc(Cl)c2Cl)c1. The van der Waals surface area contributed by atoms with Crippen molar-refractivity contribution >= 4 is 51.3 Å². The molecule has 0 bridgehead atoms. The number of halogens is 3. The molecule has 24 heavy (non-hydrogen) atoms. The van der Waals surface area contributed by atoms with Gasteiger partial charge in [0, 0.05) is 10.0 Å². The maximum atomic E-state index is 11.7. The molecule has 126 valence electrons. The normalized spacial score (nSPS) is 10.7. The van der Waals surface area contributed by atoms with Gasteiger partial charge in [-0.2, -0.15) is 5.10 Å². The number of benzene rings is 2. The molecule has 1 amide bonds. The Morgan fingerprint density at radius 3 is 2.88 bits per heavy atom. The van der Waals surface area contributed by atoms with Crippen LogP contribution in [0, 0.1) is 0 Å². The summed E-state index contributed by atoms with van der Waals surface area (Å²) in [5.74, 6) is 0.588. The van der Waals surface area contributed by atoms with E-state index in [9.17, 15) is 4.79 Å². The number of hydrogen-bond donors (Lipinski definition) is 1. The smallest absolute Gasteiger partial charge is 0.277 e. The number of ether oxygens (including phenoxy) is 2. The lowest BCUT2D eigenvalue weighted by molar-refractivity contribution is -0.123. The quantitative estimate of drug-likeness (QED) is 0.548. The highest BCUT2D eigenvalue weighted by atomic mass is 79.9. The molecule has 2 aromatic carbocycles. The van der Waals surface area contributed by atoms with Gasteiger partial charge in [0.15, 0.2) is 6.61 Å². The monoisotopic (exact) mass is 430 g/mol. The number of hydrazone groups is 1. The second-order valence-electron chi connectivity index (χ2n) is 4.52. The van der Waals surface area contributed by atoms with E-state index in [1.807, 2.05) is 12.1 Å². The number of nitrogens with zero attached hydrogens (tertiary/aromatic N) is 1. The third-order valence-corrected chi connectivity index (χ3v) is 4.39. The van der Waals surface area contributed by atoms with Gasteiger partial charge in [-0.05, 0) is 30.3 Å². The Morgan fingerprint density at radius 1 is 1.33 bits per heavy atom. The molecule has 0 aliphatic heterocycles. The molecule has 8 heteroatoms. The highest BCUT2D eigenvalue weighted by molar-refractivity contribution is 9.10. The standard InChI is InChI=1S/C16H13BrCl2N2O3/c1-23-11-5-6-12(17)10(7-11)8-20-21-15(22)9-24-14-4-2-3-13(18)16(14)19/h2-8H,9H2,1H3,(H,21,22)/b20-8-. The molecule has 0 spiro atoms. The molecule has 0 radical (unpaired) electrons. The lowest BCUT2D eigenvalue weighted by Crippen LogP contribution is -2.24. The van der Waals surface area contributed by atoms with E-state index >= 15 is 0 Å². The van der Waals surface area contributed by atoms with Crippen LogP contribution in [-0.4, -0.2) is 25.8 Å². The molecular weight excluding hydrogens is 419 g/mol. The number of rotatable bonds is 6. The third-order valence-electron chi connectivity index (χ3n) is 2.87. The van der Waals surface area contributed by atoms with E-state index in [1.54, 1.807) is 31.4 Å². The van der Waals surface area contributed by atoms with Crippen LogP contribution in [0.1, 0.15) is 5.56 Å². The van der Waals surface area contributed by atoms with Crippen LogP contribution in [0.5, 0.6) is 11.5 Å². The second kappa shape index (κ2) is 8.92. The first-order valence-electron chi connectivity index (χ1n) is 6.73. The summed E-state index contributed by atoms with van der Waals surface area (Å²) in [6.45, 7) is -0.239. The van der Waals surface area contributed by atoms with Crippen LogP contribution in [0.2, 0.25) is 10.0 Å². The molecule has 0 heterocycles. The van der Waals surface area contributed by atoms with Gasteiger partial charge in [0.1, 0.15) is 16.5 Å². The number of hydrogen-bond acceptors (Lipinski definition) is 4. The van der Waals surface area contributed by atoms with Gasteiger partial charge in [-0.1, -0.05) is 45.2 Å². The maximum absolute atomic E-state index is 11.7. The van der Waals surface area contributed by atoms with Crippen LogP contribution in [0.15, 0.2) is 46.0 Å². The Labute approximate surface area is 157 Å². The van der Waals surface area contributed by atoms with Crippen molar-refractivity contribution in [3.63, 3.8) is 0 Å². The van der Waals surface area contributed by atoms with E-state index in [0.717, 1.165) is 10.0 Å². The van der Waals surface area contributed by atoms with Crippen molar-refractivity contribution in [3.05, 3.63) is 56.5 Å². The largest absolute Gasteiger partial charge is 0.497 e. The predicted molar refractivity (Wildman–Crippen MR) is 98.4 cm³/mol. The van der Waals surface area contributed by atoms with Crippen molar-refractivity contribution in [2.24, 2.45) is 5.10 Å². The molecule has 2 rings (SSSR count). The van der Waals surface area contributed by atoms with Crippen LogP contribution < -0.4 is 14.9 Å². The van der Waals surface area contributed by atoms with Crippen LogP contribution in [0.25, 0.3) is 0 Å². The molecule has 0 atom stereocenters. The Hall–Kier alpha value is -1.76. The summed E-state index contributed by atoms with van der Waals surface area (Å²) in [6.07, 6.45) is 1.50. The fourth-order valence-corrected chi connectivity index (χ4v) is 2.39. The highest BCUT2D eigenvalue weighted by Crippen LogP contribution is 2.31. The Kier molecular flexibility index (Phi) is 6.90. The molecular formula is C16H13BrCl2N2O3. The molecule has 0 aliphatic carbocycles. The fourth-order valence-electron chi connectivity index (χ4n) is 1.69. The molecule has 2 aromatic rings. The summed E-state index contributed by atoms with van der Waals surface area (Å²) in [6, 6.07) is 10.3. The summed E-state index contributed by atoms with van der Waals surface area (Å²) >= 11 is 15.2. The molecule has 1 N–H and O–H groups in total. The molecule has 5 nitrogen and oxygen atoms in total. The molecule has 0 fully saturated rings. The zero-order chi connectivity index (χ0) is 17.5. The van der Waals surface area contributed by atoms with Crippen molar-refractivity contribution in [1.29, 1.82) is 0 Å². The zero-order valence-electron chi connectivity index (χ0n) is 12.6. The summed E-state index contributed by atoms with van der Waals surface area (Å²) in [4.78, 5) is 11.7. The first-order valence-corrected chi connectivity index (χ1v) is 8.28. The van der Waals surface area contributed by atoms with Crippen molar-refractivity contribution < 1.29 is 14.3 Å². The van der Waals surface area contributed by atoms with Crippen molar-refractivity contribution in [2.75, 3.05) is 13.7 Å². The summed E-state index contributed by atoms with van der Waals surface area (Å²) in [7, 11) is 1.57. The lowest BCUT2D eigenvalue weighted by atomic mass is 10.2. The van der Waals surface area contributed by atoms with Gasteiger partial charge in [0.05, 0.1) is 18.3 Å². The summed E-state index contributed by atoms with van der Waals surface area (Å²) in [5.41, 5.74) is 3.13. The fraction of sp³-hybridized carbons (Fsp3) is 0.125. The average Bonchev–Trinajstić information content (AvgIpc) is 2.58. The lowest BCUT2D eigenvalue weighted by Gasteiger charge is -2.07. The van der Waals surface area contributed by atoms with Crippen molar-refractivity contribution in [3.8, 4) is 11.5 Å². The highest BCUT2D eigenvalue weighted by Gasteiger charge is 2.08. The number of amides is 1. The third kappa shape index (κ3) is 5.12. The van der Waals surface area contributed by atoms with Crippen LogP contribution in [-0.2, 0) is 4.79 Å². The van der Waals surface area contributed by atoms with E-state index in [2.05, 4.69) is 26.5 Å². The Morgan fingerprint density at radius 2 is 2.12 bits per heavy atom. The number of nitrogens with one attached hydrogen (secondary N) is 1. The second-order valence-corrected chi connectivity index (χ2v) is 6.16. The van der Waals surface area contributed by atoms with Crippen LogP contribution in [0.3, 0.4) is 0 Å². The van der Waals surface area contributed by atoms with Crippen LogP contribution >= 0.6 is 39.1 Å². The van der Waals surface area contributed by atoms with Gasteiger partial charge in [-0.15, -0.1) is 0 Å². The molecule has 0 unspecified atom stereocenters. The van der Waals surface area contributed by atoms with Gasteiger partial charge < -0.3 is 9.47 Å². The minimum atomic E-state index is -0.429. The van der Waals surface area contributed by atoms with Crippen molar-refractivity contribution in [2.45, 2.75) is 0 Å². The van der Waals surface area contributed by atoms with Gasteiger partial charge in [-0.3, -0.25) is 4.79 Å². The minimum Gasteiger partial charge on any atom is -0.497 e. The molecule has 0 saturated heterocycles. The minimum absolute atomic E-state index is 0.239. The Balaban J connectivity index is 1.90. The average molecular weight is 432 g/mol. The first-order chi connectivity index (χ1) is 11.5. The van der Waals surface area contributed by atoms with E-state index < -0.39 is 5.91 Å². The molecule has 0 aliphatic rings. The zero-order valence-corrected chi connectivity index (χ0v) is 15.7. The maximum Gasteiger partial charge on any atom is 0.277 e. The molecule has 0 aromatic heterocycles. The summed E-state index contributed by atoms with van der Waals surface area (Å²) < 4.78 is 11.3. The van der Waals surface area contributed by atoms with E-state index in [1.165, 1.54) is 6.21 Å². The molecule has 0 saturated carbocycles. The van der Waals surface area contributed by atoms with Gasteiger partial charge in [0.25, 0.3) is 5.91 Å². The topological polar surface area (TPSA) is 59.9 Å². The van der Waals surface area contributed by atoms with E-state index in [4.69, 9.17) is 32.7 Å². The van der Waals surface area contributed by atoms with Gasteiger partial charge in [0.2, 0.25) is 0 Å². The Bertz CT molecular complexity index is 769. The van der Waals surface area contributed by atoms with E-state index in [0.29, 0.717) is 16.5 Å². The van der Waals surface area contributed by atoms with Gasteiger partial charge >= 0.3 is 0 Å².